The third-order valence-corrected chi connectivity index (χ3v) is 6.49. The Hall–Kier alpha value is -0.980. The van der Waals surface area contributed by atoms with E-state index in [1.165, 1.54) is 22.5 Å². The second kappa shape index (κ2) is 6.15. The van der Waals surface area contributed by atoms with E-state index in [0.29, 0.717) is 16.3 Å². The van der Waals surface area contributed by atoms with Gasteiger partial charge in [0.25, 0.3) is 10.0 Å². The van der Waals surface area contributed by atoms with Gasteiger partial charge >= 0.3 is 0 Å². The quantitative estimate of drug-likeness (QED) is 0.830. The molecule has 0 aliphatic carbocycles. The first kappa shape index (κ1) is 16.9. The fourth-order valence-electron chi connectivity index (χ4n) is 2.55. The van der Waals surface area contributed by atoms with E-state index < -0.39 is 16.1 Å². The first-order valence-corrected chi connectivity index (χ1v) is 9.33. The summed E-state index contributed by atoms with van der Waals surface area (Å²) in [6.45, 7) is 0.165. The van der Waals surface area contributed by atoms with Crippen molar-refractivity contribution in [1.29, 1.82) is 0 Å². The lowest BCUT2D eigenvalue weighted by molar-refractivity contribution is 0.166. The third-order valence-electron chi connectivity index (χ3n) is 3.70. The third kappa shape index (κ3) is 3.04. The maximum Gasteiger partial charge on any atom is 0.264 e. The van der Waals surface area contributed by atoms with Crippen LogP contribution in [0.1, 0.15) is 18.1 Å². The van der Waals surface area contributed by atoms with E-state index in [1.807, 2.05) is 0 Å². The van der Waals surface area contributed by atoms with Crippen molar-refractivity contribution < 1.29 is 13.5 Å². The zero-order chi connectivity index (χ0) is 16.8. The molecule has 1 N–H and O–H groups in total. The molecule has 1 unspecified atom stereocenters. The molecule has 1 heterocycles. The predicted octanol–water partition coefficient (Wildman–Crippen LogP) is 4.28. The van der Waals surface area contributed by atoms with Gasteiger partial charge in [-0.15, -0.1) is 0 Å². The van der Waals surface area contributed by atoms with Crippen molar-refractivity contribution in [1.82, 2.24) is 0 Å². The second-order valence-corrected chi connectivity index (χ2v) is 8.27. The van der Waals surface area contributed by atoms with Crippen LogP contribution in [0, 0.1) is 0 Å². The van der Waals surface area contributed by atoms with Gasteiger partial charge in [0, 0.05) is 17.1 Å². The van der Waals surface area contributed by atoms with Crippen molar-refractivity contribution in [3.8, 4) is 0 Å². The Labute approximate surface area is 149 Å². The molecule has 2 aromatic carbocycles. The minimum atomic E-state index is -3.81. The van der Waals surface area contributed by atoms with Gasteiger partial charge in [0.15, 0.2) is 0 Å². The summed E-state index contributed by atoms with van der Waals surface area (Å²) in [6.07, 6.45) is -0.461. The van der Waals surface area contributed by atoms with Crippen LogP contribution in [0.4, 0.5) is 5.69 Å². The van der Waals surface area contributed by atoms with Crippen molar-refractivity contribution in [2.75, 3.05) is 10.8 Å². The number of sulfonamides is 1. The molecular weight excluding hydrogens is 381 g/mol. The zero-order valence-corrected chi connectivity index (χ0v) is 14.8. The molecule has 122 valence electrons. The Morgan fingerprint density at radius 1 is 1.04 bits per heavy atom. The molecule has 1 aliphatic rings. The number of rotatable bonds is 2. The summed E-state index contributed by atoms with van der Waals surface area (Å²) in [4.78, 5) is 0.0455. The molecular formula is C15H12Cl3NO3S. The maximum atomic E-state index is 12.9. The van der Waals surface area contributed by atoms with Gasteiger partial charge in [-0.3, -0.25) is 4.31 Å². The standard InChI is InChI=1S/C15H12Cl3NO3S/c16-9-1-4-14-11(7-9)15(20)5-6-19(14)23(21,22)10-2-3-12(17)13(18)8-10/h1-4,7-8,15,20H,5-6H2. The van der Waals surface area contributed by atoms with E-state index in [-0.39, 0.29) is 27.9 Å². The van der Waals surface area contributed by atoms with Gasteiger partial charge in [-0.2, -0.15) is 0 Å². The first-order valence-electron chi connectivity index (χ1n) is 6.76. The molecule has 8 heteroatoms. The average molecular weight is 393 g/mol. The monoisotopic (exact) mass is 391 g/mol. The van der Waals surface area contributed by atoms with Crippen LogP contribution in [0.3, 0.4) is 0 Å². The van der Waals surface area contributed by atoms with Crippen molar-refractivity contribution in [2.45, 2.75) is 17.4 Å². The molecule has 3 rings (SSSR count). The van der Waals surface area contributed by atoms with E-state index >= 15 is 0 Å². The SMILES string of the molecule is O=S(=O)(c1ccc(Cl)c(Cl)c1)N1CCC(O)c2cc(Cl)ccc21. The molecule has 0 saturated carbocycles. The van der Waals surface area contributed by atoms with Crippen LogP contribution in [0.2, 0.25) is 15.1 Å². The van der Waals surface area contributed by atoms with Crippen molar-refractivity contribution in [3.63, 3.8) is 0 Å². The minimum Gasteiger partial charge on any atom is -0.388 e. The fraction of sp³-hybridized carbons (Fsp3) is 0.200. The highest BCUT2D eigenvalue weighted by molar-refractivity contribution is 7.92. The van der Waals surface area contributed by atoms with Gasteiger partial charge in [-0.25, -0.2) is 8.42 Å². The second-order valence-electron chi connectivity index (χ2n) is 5.16. The van der Waals surface area contributed by atoms with Crippen LogP contribution in [-0.4, -0.2) is 20.1 Å². The summed E-state index contributed by atoms with van der Waals surface area (Å²) in [5.74, 6) is 0. The molecule has 0 saturated heterocycles. The molecule has 0 bridgehead atoms. The lowest BCUT2D eigenvalue weighted by Gasteiger charge is -2.33. The normalized spacial score (nSPS) is 17.9. The lowest BCUT2D eigenvalue weighted by Crippen LogP contribution is -2.36. The van der Waals surface area contributed by atoms with Gasteiger partial charge < -0.3 is 5.11 Å². The Balaban J connectivity index is 2.11. The van der Waals surface area contributed by atoms with Crippen molar-refractivity contribution in [3.05, 3.63) is 57.0 Å². The number of aliphatic hydroxyl groups excluding tert-OH is 1. The molecule has 4 nitrogen and oxygen atoms in total. The van der Waals surface area contributed by atoms with E-state index in [0.717, 1.165) is 0 Å². The van der Waals surface area contributed by atoms with E-state index in [1.54, 1.807) is 18.2 Å². The van der Waals surface area contributed by atoms with Crippen LogP contribution in [-0.2, 0) is 10.0 Å². The van der Waals surface area contributed by atoms with Crippen LogP contribution >= 0.6 is 34.8 Å². The smallest absolute Gasteiger partial charge is 0.264 e. The Kier molecular flexibility index (Phi) is 4.51. The molecule has 0 amide bonds. The Morgan fingerprint density at radius 2 is 1.78 bits per heavy atom. The molecule has 0 spiro atoms. The minimum absolute atomic E-state index is 0.0455. The highest BCUT2D eigenvalue weighted by atomic mass is 35.5. The molecule has 2 aromatic rings. The van der Waals surface area contributed by atoms with Gasteiger partial charge in [-0.05, 0) is 42.8 Å². The van der Waals surface area contributed by atoms with E-state index in [2.05, 4.69) is 0 Å². The maximum absolute atomic E-state index is 12.9. The summed E-state index contributed by atoms with van der Waals surface area (Å²) >= 11 is 17.7. The molecule has 0 fully saturated rings. The van der Waals surface area contributed by atoms with Crippen molar-refractivity contribution >= 4 is 50.5 Å². The van der Waals surface area contributed by atoms with Gasteiger partial charge in [0.2, 0.25) is 0 Å². The molecule has 1 aliphatic heterocycles. The van der Waals surface area contributed by atoms with Gasteiger partial charge in [0.1, 0.15) is 0 Å². The summed E-state index contributed by atoms with van der Waals surface area (Å²) < 4.78 is 27.1. The molecule has 0 aromatic heterocycles. The summed E-state index contributed by atoms with van der Waals surface area (Å²) in [7, 11) is -3.81. The van der Waals surface area contributed by atoms with E-state index in [9.17, 15) is 13.5 Å². The highest BCUT2D eigenvalue weighted by Crippen LogP contribution is 2.39. The van der Waals surface area contributed by atoms with Crippen LogP contribution in [0.5, 0.6) is 0 Å². The fourth-order valence-corrected chi connectivity index (χ4v) is 4.62. The average Bonchev–Trinajstić information content (AvgIpc) is 2.50. The summed E-state index contributed by atoms with van der Waals surface area (Å²) in [6, 6.07) is 8.94. The van der Waals surface area contributed by atoms with Gasteiger partial charge in [0.05, 0.1) is 26.7 Å². The summed E-state index contributed by atoms with van der Waals surface area (Å²) in [5.41, 5.74) is 0.909. The predicted molar refractivity (Wildman–Crippen MR) is 92.0 cm³/mol. The van der Waals surface area contributed by atoms with Crippen LogP contribution < -0.4 is 4.31 Å². The Morgan fingerprint density at radius 3 is 2.48 bits per heavy atom. The Bertz CT molecular complexity index is 870. The van der Waals surface area contributed by atoms with Crippen LogP contribution in [0.15, 0.2) is 41.3 Å². The van der Waals surface area contributed by atoms with E-state index in [4.69, 9.17) is 34.8 Å². The number of anilines is 1. The number of halogens is 3. The topological polar surface area (TPSA) is 57.6 Å². The number of fused-ring (bicyclic) bond motifs is 1. The summed E-state index contributed by atoms with van der Waals surface area (Å²) in [5, 5.41) is 11.0. The number of hydrogen-bond donors (Lipinski definition) is 1. The number of hydrogen-bond acceptors (Lipinski definition) is 3. The number of aliphatic hydroxyl groups is 1. The first-order chi connectivity index (χ1) is 10.8. The zero-order valence-electron chi connectivity index (χ0n) is 11.7. The number of benzene rings is 2. The largest absolute Gasteiger partial charge is 0.388 e. The van der Waals surface area contributed by atoms with Crippen LogP contribution in [0.25, 0.3) is 0 Å². The highest BCUT2D eigenvalue weighted by Gasteiger charge is 2.32. The van der Waals surface area contributed by atoms with Gasteiger partial charge in [-0.1, -0.05) is 34.8 Å². The molecule has 23 heavy (non-hydrogen) atoms. The lowest BCUT2D eigenvalue weighted by atomic mass is 10.0. The van der Waals surface area contributed by atoms with Crippen molar-refractivity contribution in [2.24, 2.45) is 0 Å². The molecule has 0 radical (unpaired) electrons. The molecule has 1 atom stereocenters. The number of nitrogens with zero attached hydrogens (tertiary/aromatic N) is 1.